The van der Waals surface area contributed by atoms with E-state index in [1.165, 1.54) is 12.3 Å². The molecule has 0 spiro atoms. The van der Waals surface area contributed by atoms with Crippen molar-refractivity contribution in [3.05, 3.63) is 53.0 Å². The molecule has 0 aliphatic carbocycles. The van der Waals surface area contributed by atoms with Gasteiger partial charge in [-0.15, -0.1) is 0 Å². The van der Waals surface area contributed by atoms with E-state index in [1.54, 1.807) is 38.3 Å². The minimum atomic E-state index is -0.370. The number of ether oxygens (including phenoxy) is 2. The van der Waals surface area contributed by atoms with Crippen LogP contribution in [0.25, 0.3) is 6.08 Å². The predicted molar refractivity (Wildman–Crippen MR) is 90.1 cm³/mol. The topological polar surface area (TPSA) is 72.5 Å². The Morgan fingerprint density at radius 2 is 2.04 bits per heavy atom. The van der Waals surface area contributed by atoms with E-state index in [0.29, 0.717) is 28.4 Å². The van der Waals surface area contributed by atoms with E-state index in [2.05, 4.69) is 0 Å². The summed E-state index contributed by atoms with van der Waals surface area (Å²) in [5.41, 5.74) is 1.09. The number of benzene rings is 1. The Hall–Kier alpha value is -3.00. The van der Waals surface area contributed by atoms with Crippen LogP contribution in [0.5, 0.6) is 11.5 Å². The first-order valence-electron chi connectivity index (χ1n) is 7.51. The molecule has 1 aromatic carbocycles. The number of nitriles is 1. The number of hydrogen-bond donors (Lipinski definition) is 0. The van der Waals surface area contributed by atoms with Crippen molar-refractivity contribution in [1.29, 1.82) is 5.26 Å². The van der Waals surface area contributed by atoms with Crippen LogP contribution >= 0.6 is 0 Å². The van der Waals surface area contributed by atoms with Crippen molar-refractivity contribution in [2.75, 3.05) is 7.11 Å². The molecule has 2 aromatic rings. The van der Waals surface area contributed by atoms with Gasteiger partial charge in [0.15, 0.2) is 11.5 Å². The Labute approximate surface area is 141 Å². The summed E-state index contributed by atoms with van der Waals surface area (Å²) in [6, 6.07) is 8.76. The highest BCUT2D eigenvalue weighted by Crippen LogP contribution is 2.30. The number of ketones is 1. The number of furan rings is 1. The number of Topliss-reactive ketones (excluding diaryl/α,β-unsaturated/α-hetero) is 1. The summed E-state index contributed by atoms with van der Waals surface area (Å²) in [4.78, 5) is 12.4. The Morgan fingerprint density at radius 1 is 1.29 bits per heavy atom. The second-order valence-electron chi connectivity index (χ2n) is 5.47. The van der Waals surface area contributed by atoms with Crippen LogP contribution in [0, 0.1) is 18.3 Å². The molecular weight excluding hydrogens is 306 g/mol. The number of aryl methyl sites for hydroxylation is 1. The molecule has 0 radical (unpaired) electrons. The normalized spacial score (nSPS) is 11.2. The summed E-state index contributed by atoms with van der Waals surface area (Å²) >= 11 is 0. The third-order valence-electron chi connectivity index (χ3n) is 3.33. The molecule has 0 saturated heterocycles. The third kappa shape index (κ3) is 3.85. The molecular formula is C19H19NO4. The van der Waals surface area contributed by atoms with Crippen molar-refractivity contribution >= 4 is 11.9 Å². The zero-order chi connectivity index (χ0) is 17.7. The van der Waals surface area contributed by atoms with Gasteiger partial charge in [-0.25, -0.2) is 0 Å². The van der Waals surface area contributed by atoms with Gasteiger partial charge in [-0.05, 0) is 50.6 Å². The molecule has 1 aromatic heterocycles. The number of methoxy groups -OCH3 is 1. The van der Waals surface area contributed by atoms with E-state index in [0.717, 1.165) is 0 Å². The Balaban J connectivity index is 2.36. The monoisotopic (exact) mass is 325 g/mol. The van der Waals surface area contributed by atoms with Crippen LogP contribution in [0.2, 0.25) is 0 Å². The zero-order valence-corrected chi connectivity index (χ0v) is 14.1. The highest BCUT2D eigenvalue weighted by atomic mass is 16.5. The summed E-state index contributed by atoms with van der Waals surface area (Å²) in [6.45, 7) is 5.53. The molecule has 0 atom stereocenters. The molecule has 1 heterocycles. The lowest BCUT2D eigenvalue weighted by Crippen LogP contribution is -2.06. The number of hydrogen-bond acceptors (Lipinski definition) is 5. The number of allylic oxidation sites excluding steroid dienone is 1. The molecule has 0 bridgehead atoms. The van der Waals surface area contributed by atoms with E-state index in [1.807, 2.05) is 19.9 Å². The highest BCUT2D eigenvalue weighted by Gasteiger charge is 2.17. The smallest absolute Gasteiger partial charge is 0.207 e. The summed E-state index contributed by atoms with van der Waals surface area (Å²) in [5, 5.41) is 9.32. The molecule has 0 unspecified atom stereocenters. The highest BCUT2D eigenvalue weighted by molar-refractivity contribution is 6.14. The van der Waals surface area contributed by atoms with Gasteiger partial charge < -0.3 is 13.9 Å². The summed E-state index contributed by atoms with van der Waals surface area (Å²) < 4.78 is 16.1. The maximum Gasteiger partial charge on any atom is 0.207 e. The molecule has 124 valence electrons. The lowest BCUT2D eigenvalue weighted by Gasteiger charge is -2.13. The fraction of sp³-hybridized carbons (Fsp3) is 0.263. The number of nitrogens with zero attached hydrogens (tertiary/aromatic N) is 1. The number of carbonyl (C=O) groups is 1. The second-order valence-corrected chi connectivity index (χ2v) is 5.47. The first kappa shape index (κ1) is 17.4. The number of rotatable bonds is 6. The van der Waals surface area contributed by atoms with Crippen LogP contribution in [0.4, 0.5) is 0 Å². The largest absolute Gasteiger partial charge is 0.493 e. The van der Waals surface area contributed by atoms with Crippen molar-refractivity contribution in [2.24, 2.45) is 0 Å². The molecule has 0 saturated carbocycles. The van der Waals surface area contributed by atoms with Crippen molar-refractivity contribution in [3.63, 3.8) is 0 Å². The van der Waals surface area contributed by atoms with Gasteiger partial charge in [0.05, 0.1) is 25.0 Å². The van der Waals surface area contributed by atoms with Crippen molar-refractivity contribution in [2.45, 2.75) is 26.9 Å². The van der Waals surface area contributed by atoms with Crippen LogP contribution in [0.3, 0.4) is 0 Å². The van der Waals surface area contributed by atoms with Gasteiger partial charge in [0.2, 0.25) is 5.78 Å². The zero-order valence-electron chi connectivity index (χ0n) is 14.1. The number of carbonyl (C=O) groups excluding carboxylic acids is 1. The van der Waals surface area contributed by atoms with E-state index in [9.17, 15) is 10.1 Å². The van der Waals surface area contributed by atoms with Gasteiger partial charge >= 0.3 is 0 Å². The van der Waals surface area contributed by atoms with Gasteiger partial charge in [-0.3, -0.25) is 4.79 Å². The molecule has 0 fully saturated rings. The first-order valence-corrected chi connectivity index (χ1v) is 7.51. The van der Waals surface area contributed by atoms with Crippen LogP contribution < -0.4 is 9.47 Å². The molecule has 5 nitrogen and oxygen atoms in total. The average Bonchev–Trinajstić information content (AvgIpc) is 2.98. The van der Waals surface area contributed by atoms with E-state index in [-0.39, 0.29) is 17.5 Å². The Bertz CT molecular complexity index is 809. The lowest BCUT2D eigenvalue weighted by atomic mass is 10.0. The SMILES string of the molecule is COc1cc(/C=C(\C#N)C(=O)c2ccoc2C)ccc1OC(C)C. The van der Waals surface area contributed by atoms with Gasteiger partial charge in [0.1, 0.15) is 17.4 Å². The maximum atomic E-state index is 12.4. The summed E-state index contributed by atoms with van der Waals surface area (Å²) in [5.74, 6) is 1.27. The molecule has 5 heteroatoms. The maximum absolute atomic E-state index is 12.4. The van der Waals surface area contributed by atoms with E-state index < -0.39 is 0 Å². The van der Waals surface area contributed by atoms with Crippen molar-refractivity contribution in [3.8, 4) is 17.6 Å². The quantitative estimate of drug-likeness (QED) is 0.453. The first-order chi connectivity index (χ1) is 11.5. The minimum absolute atomic E-state index is 0.0144. The van der Waals surface area contributed by atoms with Gasteiger partial charge in [-0.1, -0.05) is 6.07 Å². The van der Waals surface area contributed by atoms with E-state index >= 15 is 0 Å². The molecule has 2 rings (SSSR count). The molecule has 0 aliphatic rings. The van der Waals surface area contributed by atoms with E-state index in [4.69, 9.17) is 13.9 Å². The Kier molecular flexibility index (Phi) is 5.43. The molecule has 0 N–H and O–H groups in total. The lowest BCUT2D eigenvalue weighted by molar-refractivity contribution is 0.103. The van der Waals surface area contributed by atoms with Gasteiger partial charge in [0.25, 0.3) is 0 Å². The third-order valence-corrected chi connectivity index (χ3v) is 3.33. The fourth-order valence-corrected chi connectivity index (χ4v) is 2.21. The van der Waals surface area contributed by atoms with Crippen LogP contribution in [-0.4, -0.2) is 19.0 Å². The van der Waals surface area contributed by atoms with Crippen LogP contribution in [0.15, 0.2) is 40.5 Å². The molecule has 0 amide bonds. The average molecular weight is 325 g/mol. The Morgan fingerprint density at radius 3 is 2.58 bits per heavy atom. The van der Waals surface area contributed by atoms with Gasteiger partial charge in [0, 0.05) is 0 Å². The summed E-state index contributed by atoms with van der Waals surface area (Å²) in [6.07, 6.45) is 2.97. The molecule has 24 heavy (non-hydrogen) atoms. The molecule has 0 aliphatic heterocycles. The van der Waals surface area contributed by atoms with Crippen molar-refractivity contribution in [1.82, 2.24) is 0 Å². The summed E-state index contributed by atoms with van der Waals surface area (Å²) in [7, 11) is 1.54. The van der Waals surface area contributed by atoms with Gasteiger partial charge in [-0.2, -0.15) is 5.26 Å². The second kappa shape index (κ2) is 7.51. The standard InChI is InChI=1S/C19H19NO4/c1-12(2)24-17-6-5-14(10-18(17)22-4)9-15(11-20)19(21)16-7-8-23-13(16)3/h5-10,12H,1-4H3/b15-9+. The van der Waals surface area contributed by atoms with Crippen LogP contribution in [0.1, 0.15) is 35.5 Å². The fourth-order valence-electron chi connectivity index (χ4n) is 2.21. The van der Waals surface area contributed by atoms with Crippen molar-refractivity contribution < 1.29 is 18.7 Å². The van der Waals surface area contributed by atoms with Crippen LogP contribution in [-0.2, 0) is 0 Å². The minimum Gasteiger partial charge on any atom is -0.493 e. The predicted octanol–water partition coefficient (Wildman–Crippen LogP) is 4.17.